The predicted molar refractivity (Wildman–Crippen MR) is 119 cm³/mol. The summed E-state index contributed by atoms with van der Waals surface area (Å²) >= 11 is 0. The fraction of sp³-hybridized carbons (Fsp3) is 0.455. The standard InChI is InChI=1S/C17H20N6O.C5H9NO/c1-22-5-4-11-7-15(24-3)14(6-12(11)10-22)20-17-18-8-13-9-19-23(2)16(13)21-17;1-5(7)6-3-2-4-6/h6-9H,4-5,10H2,1-3H3,(H,18,20,21);2-4H2,1H3. The van der Waals surface area contributed by atoms with E-state index < -0.39 is 0 Å². The minimum absolute atomic E-state index is 0.214. The lowest BCUT2D eigenvalue weighted by Gasteiger charge is -2.29. The van der Waals surface area contributed by atoms with E-state index in [4.69, 9.17) is 4.74 Å². The number of carbonyl (C=O) groups excluding carboxylic acids is 1. The number of nitrogens with zero attached hydrogens (tertiary/aromatic N) is 6. The maximum atomic E-state index is 10.4. The van der Waals surface area contributed by atoms with E-state index in [-0.39, 0.29) is 5.91 Å². The number of ether oxygens (including phenoxy) is 1. The van der Waals surface area contributed by atoms with E-state index in [0.717, 1.165) is 55.1 Å². The molecule has 1 amide bonds. The average Bonchev–Trinajstić information content (AvgIpc) is 3.06. The van der Waals surface area contributed by atoms with E-state index in [0.29, 0.717) is 5.95 Å². The van der Waals surface area contributed by atoms with Gasteiger partial charge in [-0.25, -0.2) is 4.98 Å². The largest absolute Gasteiger partial charge is 0.495 e. The second kappa shape index (κ2) is 8.89. The van der Waals surface area contributed by atoms with Gasteiger partial charge < -0.3 is 19.9 Å². The van der Waals surface area contributed by atoms with Gasteiger partial charge in [-0.05, 0) is 43.1 Å². The van der Waals surface area contributed by atoms with Crippen molar-refractivity contribution < 1.29 is 9.53 Å². The quantitative estimate of drug-likeness (QED) is 0.692. The summed E-state index contributed by atoms with van der Waals surface area (Å²) in [4.78, 5) is 23.4. The molecule has 1 N–H and O–H groups in total. The molecule has 0 spiro atoms. The molecule has 2 aliphatic heterocycles. The van der Waals surface area contributed by atoms with Gasteiger partial charge in [0.2, 0.25) is 11.9 Å². The number of amides is 1. The Hall–Kier alpha value is -3.20. The molecule has 0 atom stereocenters. The first kappa shape index (κ1) is 21.0. The number of carbonyl (C=O) groups is 1. The number of anilines is 2. The van der Waals surface area contributed by atoms with Crippen molar-refractivity contribution in [3.63, 3.8) is 0 Å². The Bertz CT molecular complexity index is 1090. The molecule has 3 aromatic rings. The number of fused-ring (bicyclic) bond motifs is 2. The van der Waals surface area contributed by atoms with Crippen LogP contribution in [0.15, 0.2) is 24.5 Å². The molecule has 0 bridgehead atoms. The molecule has 9 nitrogen and oxygen atoms in total. The molecule has 9 heteroatoms. The Labute approximate surface area is 182 Å². The zero-order valence-electron chi connectivity index (χ0n) is 18.6. The van der Waals surface area contributed by atoms with Crippen molar-refractivity contribution in [2.45, 2.75) is 26.3 Å². The Morgan fingerprint density at radius 2 is 1.94 bits per heavy atom. The third-order valence-electron chi connectivity index (χ3n) is 5.75. The van der Waals surface area contributed by atoms with Gasteiger partial charge in [0.1, 0.15) is 5.75 Å². The highest BCUT2D eigenvalue weighted by atomic mass is 16.5. The molecule has 2 aromatic heterocycles. The molecule has 0 radical (unpaired) electrons. The average molecular weight is 424 g/mol. The van der Waals surface area contributed by atoms with Crippen molar-refractivity contribution >= 4 is 28.6 Å². The van der Waals surface area contributed by atoms with Crippen LogP contribution in [-0.2, 0) is 24.8 Å². The van der Waals surface area contributed by atoms with Crippen LogP contribution in [0, 0.1) is 0 Å². The first-order valence-corrected chi connectivity index (χ1v) is 10.5. The van der Waals surface area contributed by atoms with Gasteiger partial charge in [-0.15, -0.1) is 0 Å². The van der Waals surface area contributed by atoms with Gasteiger partial charge in [-0.1, -0.05) is 0 Å². The maximum Gasteiger partial charge on any atom is 0.229 e. The lowest BCUT2D eigenvalue weighted by atomic mass is 9.99. The highest BCUT2D eigenvalue weighted by Crippen LogP contribution is 2.33. The number of aryl methyl sites for hydroxylation is 1. The third kappa shape index (κ3) is 4.61. The zero-order chi connectivity index (χ0) is 22.0. The van der Waals surface area contributed by atoms with Crippen LogP contribution in [-0.4, -0.2) is 69.2 Å². The molecule has 0 saturated carbocycles. The van der Waals surface area contributed by atoms with Gasteiger partial charge in [-0.3, -0.25) is 9.48 Å². The SMILES string of the molecule is CC(=O)N1CCC1.COc1cc2c(cc1Nc1ncc3cnn(C)c3n1)CN(C)CC2. The highest BCUT2D eigenvalue weighted by Gasteiger charge is 2.17. The molecule has 164 valence electrons. The number of hydrogen-bond acceptors (Lipinski definition) is 7. The van der Waals surface area contributed by atoms with Crippen LogP contribution in [0.2, 0.25) is 0 Å². The van der Waals surface area contributed by atoms with Crippen LogP contribution in [0.1, 0.15) is 24.5 Å². The second-order valence-electron chi connectivity index (χ2n) is 8.03. The van der Waals surface area contributed by atoms with Gasteiger partial charge in [0.25, 0.3) is 0 Å². The summed E-state index contributed by atoms with van der Waals surface area (Å²) in [6, 6.07) is 4.26. The first-order valence-electron chi connectivity index (χ1n) is 10.5. The molecule has 5 rings (SSSR count). The molecule has 1 saturated heterocycles. The Morgan fingerprint density at radius 1 is 1.13 bits per heavy atom. The van der Waals surface area contributed by atoms with Crippen LogP contribution in [0.5, 0.6) is 5.75 Å². The number of rotatable bonds is 3. The molecular weight excluding hydrogens is 394 g/mol. The Morgan fingerprint density at radius 3 is 2.58 bits per heavy atom. The van der Waals surface area contributed by atoms with Crippen LogP contribution < -0.4 is 10.1 Å². The van der Waals surface area contributed by atoms with Gasteiger partial charge >= 0.3 is 0 Å². The van der Waals surface area contributed by atoms with E-state index in [1.807, 2.05) is 11.9 Å². The van der Waals surface area contributed by atoms with Crippen molar-refractivity contribution in [1.29, 1.82) is 0 Å². The van der Waals surface area contributed by atoms with E-state index >= 15 is 0 Å². The number of methoxy groups -OCH3 is 1. The monoisotopic (exact) mass is 423 g/mol. The summed E-state index contributed by atoms with van der Waals surface area (Å²) in [7, 11) is 5.70. The Kier molecular flexibility index (Phi) is 6.03. The molecular formula is C22H29N7O2. The smallest absolute Gasteiger partial charge is 0.229 e. The van der Waals surface area contributed by atoms with Crippen molar-refractivity contribution in [3.8, 4) is 5.75 Å². The normalized spacial score (nSPS) is 15.5. The van der Waals surface area contributed by atoms with Crippen LogP contribution in [0.25, 0.3) is 11.0 Å². The molecule has 1 fully saturated rings. The van der Waals surface area contributed by atoms with Gasteiger partial charge in [0.05, 0.1) is 24.4 Å². The summed E-state index contributed by atoms with van der Waals surface area (Å²) in [5.74, 6) is 1.56. The molecule has 4 heterocycles. The van der Waals surface area contributed by atoms with Crippen LogP contribution >= 0.6 is 0 Å². The van der Waals surface area contributed by atoms with Crippen molar-refractivity contribution in [1.82, 2.24) is 29.5 Å². The first-order chi connectivity index (χ1) is 14.9. The van der Waals surface area contributed by atoms with Crippen LogP contribution in [0.4, 0.5) is 11.6 Å². The topological polar surface area (TPSA) is 88.4 Å². The fourth-order valence-corrected chi connectivity index (χ4v) is 3.74. The summed E-state index contributed by atoms with van der Waals surface area (Å²) in [5, 5.41) is 8.41. The number of aromatic nitrogens is 4. The summed E-state index contributed by atoms with van der Waals surface area (Å²) in [6.07, 6.45) is 5.77. The fourth-order valence-electron chi connectivity index (χ4n) is 3.74. The molecule has 2 aliphatic rings. The number of benzene rings is 1. The van der Waals surface area contributed by atoms with E-state index in [9.17, 15) is 4.79 Å². The van der Waals surface area contributed by atoms with Gasteiger partial charge in [0.15, 0.2) is 5.65 Å². The van der Waals surface area contributed by atoms with Gasteiger partial charge in [-0.2, -0.15) is 10.1 Å². The second-order valence-corrected chi connectivity index (χ2v) is 8.03. The maximum absolute atomic E-state index is 10.4. The summed E-state index contributed by atoms with van der Waals surface area (Å²) < 4.78 is 7.29. The van der Waals surface area contributed by atoms with E-state index in [1.54, 1.807) is 31.1 Å². The lowest BCUT2D eigenvalue weighted by molar-refractivity contribution is -0.132. The minimum Gasteiger partial charge on any atom is -0.495 e. The third-order valence-corrected chi connectivity index (χ3v) is 5.75. The van der Waals surface area contributed by atoms with Crippen molar-refractivity contribution in [2.24, 2.45) is 7.05 Å². The molecule has 0 unspecified atom stereocenters. The van der Waals surface area contributed by atoms with E-state index in [1.165, 1.54) is 17.5 Å². The molecule has 31 heavy (non-hydrogen) atoms. The zero-order valence-corrected chi connectivity index (χ0v) is 18.6. The molecule has 1 aromatic carbocycles. The number of likely N-dealkylation sites (N-methyl/N-ethyl adjacent to an activating group) is 1. The van der Waals surface area contributed by atoms with Crippen molar-refractivity contribution in [2.75, 3.05) is 39.1 Å². The predicted octanol–water partition coefficient (Wildman–Crippen LogP) is 2.34. The minimum atomic E-state index is 0.214. The van der Waals surface area contributed by atoms with Crippen molar-refractivity contribution in [3.05, 3.63) is 35.7 Å². The number of hydrogen-bond donors (Lipinski definition) is 1. The van der Waals surface area contributed by atoms with Crippen LogP contribution in [0.3, 0.4) is 0 Å². The van der Waals surface area contributed by atoms with E-state index in [2.05, 4.69) is 44.5 Å². The lowest BCUT2D eigenvalue weighted by Crippen LogP contribution is -2.40. The van der Waals surface area contributed by atoms with Gasteiger partial charge in [0, 0.05) is 46.3 Å². The summed E-state index contributed by atoms with van der Waals surface area (Å²) in [5.41, 5.74) is 4.34. The Balaban J connectivity index is 0.000000282. The number of likely N-dealkylation sites (tertiary alicyclic amines) is 1. The number of nitrogens with one attached hydrogen (secondary N) is 1. The highest BCUT2D eigenvalue weighted by molar-refractivity contribution is 5.76. The molecule has 0 aliphatic carbocycles. The summed E-state index contributed by atoms with van der Waals surface area (Å²) in [6.45, 7) is 5.59.